The van der Waals surface area contributed by atoms with Crippen molar-refractivity contribution in [2.45, 2.75) is 49.5 Å². The van der Waals surface area contributed by atoms with Crippen LogP contribution in [-0.2, 0) is 34.1 Å². The number of carbonyl (C=O) groups excluding carboxylic acids is 5. The van der Waals surface area contributed by atoms with Gasteiger partial charge in [-0.1, -0.05) is 105 Å². The van der Waals surface area contributed by atoms with Gasteiger partial charge in [0.1, 0.15) is 41.7 Å². The van der Waals surface area contributed by atoms with Crippen LogP contribution >= 0.6 is 0 Å². The molecule has 4 amide bonds. The van der Waals surface area contributed by atoms with Crippen LogP contribution in [0.2, 0.25) is 0 Å². The van der Waals surface area contributed by atoms with Gasteiger partial charge in [-0.3, -0.25) is 19.3 Å². The number of esters is 2. The Hall–Kier alpha value is -7.47. The van der Waals surface area contributed by atoms with Crippen LogP contribution in [0.25, 0.3) is 0 Å². The number of urea groups is 1. The Bertz CT molecular complexity index is 2680. The molecule has 0 bridgehead atoms. The van der Waals surface area contributed by atoms with E-state index >= 15 is 9.59 Å². The van der Waals surface area contributed by atoms with Crippen LogP contribution in [0.4, 0.5) is 10.5 Å². The molecule has 3 heterocycles. The predicted molar refractivity (Wildman–Crippen MR) is 238 cm³/mol. The Balaban J connectivity index is 1.45. The molecule has 14 nitrogen and oxygen atoms in total. The minimum Gasteiger partial charge on any atom is -0.497 e. The lowest BCUT2D eigenvalue weighted by Gasteiger charge is -2.46. The zero-order chi connectivity index (χ0) is 46.0. The van der Waals surface area contributed by atoms with Crippen molar-refractivity contribution in [3.8, 4) is 23.3 Å². The quantitative estimate of drug-likeness (QED) is 0.112. The fourth-order valence-electron chi connectivity index (χ4n) is 9.62. The van der Waals surface area contributed by atoms with Gasteiger partial charge in [0.2, 0.25) is 11.8 Å². The van der Waals surface area contributed by atoms with Crippen LogP contribution in [0.3, 0.4) is 0 Å². The van der Waals surface area contributed by atoms with Crippen LogP contribution < -0.4 is 25.4 Å². The van der Waals surface area contributed by atoms with Gasteiger partial charge in [-0.05, 0) is 71.1 Å². The highest BCUT2D eigenvalue weighted by Crippen LogP contribution is 2.66. The van der Waals surface area contributed by atoms with Crippen LogP contribution in [0, 0.1) is 23.7 Å². The molecule has 5 aromatic rings. The fraction of sp³-hybridized carbons (Fsp3) is 0.275. The van der Waals surface area contributed by atoms with E-state index in [-0.39, 0.29) is 30.2 Å². The number of rotatable bonds is 11. The summed E-state index contributed by atoms with van der Waals surface area (Å²) >= 11 is 0. The molecule has 3 aliphatic heterocycles. The summed E-state index contributed by atoms with van der Waals surface area (Å²) in [6.07, 6.45) is -0.969. The highest BCUT2D eigenvalue weighted by molar-refractivity contribution is 6.25. The minimum atomic E-state index is -2.17. The van der Waals surface area contributed by atoms with E-state index in [4.69, 9.17) is 24.7 Å². The van der Waals surface area contributed by atoms with Gasteiger partial charge >= 0.3 is 18.0 Å². The molecule has 2 fully saturated rings. The Morgan fingerprint density at radius 2 is 1.46 bits per heavy atom. The predicted octanol–water partition coefficient (Wildman–Crippen LogP) is 5.52. The van der Waals surface area contributed by atoms with Crippen molar-refractivity contribution < 1.29 is 48.0 Å². The molecule has 3 aliphatic rings. The number of carbonyl (C=O) groups is 5. The van der Waals surface area contributed by atoms with Gasteiger partial charge in [0.25, 0.3) is 0 Å². The SMILES string of the molecule is COC(=O)C(NC(=O)N1C(=O)C2(c3cc(C#Cc4ccc(OC)cc4)ccc31)C(C(N)=O)C1C(=O)OC(c3ccccc3)C(c3ccccc3)N1C2c1ccccc1OCCO)C(C)C. The number of fused-ring (bicyclic) bond motifs is 3. The number of hydrogen-bond acceptors (Lipinski definition) is 11. The maximum absolute atomic E-state index is 16.3. The van der Waals surface area contributed by atoms with E-state index in [1.165, 1.54) is 7.11 Å². The smallest absolute Gasteiger partial charge is 0.329 e. The zero-order valence-corrected chi connectivity index (χ0v) is 36.2. The first-order valence-corrected chi connectivity index (χ1v) is 21.2. The number of methoxy groups -OCH3 is 2. The summed E-state index contributed by atoms with van der Waals surface area (Å²) in [5.74, 6) is 1.62. The summed E-state index contributed by atoms with van der Waals surface area (Å²) < 4.78 is 23.0. The van der Waals surface area contributed by atoms with Crippen molar-refractivity contribution in [1.29, 1.82) is 0 Å². The number of anilines is 1. The summed E-state index contributed by atoms with van der Waals surface area (Å²) in [6, 6.07) is 31.5. The van der Waals surface area contributed by atoms with Crippen LogP contribution in [0.5, 0.6) is 11.5 Å². The van der Waals surface area contributed by atoms with Gasteiger partial charge in [-0.25, -0.2) is 14.5 Å². The van der Waals surface area contributed by atoms with Crippen LogP contribution in [0.15, 0.2) is 127 Å². The monoisotopic (exact) mass is 876 g/mol. The first-order valence-electron chi connectivity index (χ1n) is 21.2. The minimum absolute atomic E-state index is 0.0731. The molecule has 14 heteroatoms. The Kier molecular flexibility index (Phi) is 12.4. The number of aliphatic hydroxyl groups is 1. The zero-order valence-electron chi connectivity index (χ0n) is 36.2. The summed E-state index contributed by atoms with van der Waals surface area (Å²) in [5.41, 5.74) is 7.35. The molecule has 7 unspecified atom stereocenters. The highest BCUT2D eigenvalue weighted by atomic mass is 16.6. The third-order valence-corrected chi connectivity index (χ3v) is 12.4. The second-order valence-corrected chi connectivity index (χ2v) is 16.3. The first kappa shape index (κ1) is 44.1. The van der Waals surface area contributed by atoms with E-state index in [1.54, 1.807) is 87.7 Å². The molecule has 5 aromatic carbocycles. The molecule has 0 aliphatic carbocycles. The van der Waals surface area contributed by atoms with Crippen molar-refractivity contribution in [1.82, 2.24) is 10.2 Å². The number of para-hydroxylation sites is 1. The lowest BCUT2D eigenvalue weighted by molar-refractivity contribution is -0.178. The number of benzene rings is 5. The maximum atomic E-state index is 16.3. The molecular formula is C51H48N4O10. The number of hydrogen-bond donors (Lipinski definition) is 3. The Labute approximate surface area is 376 Å². The molecule has 0 radical (unpaired) electrons. The number of morpholine rings is 1. The van der Waals surface area contributed by atoms with Crippen LogP contribution in [0.1, 0.15) is 65.4 Å². The number of nitrogens with zero attached hydrogens (tertiary/aromatic N) is 2. The van der Waals surface area contributed by atoms with Gasteiger partial charge in [0.15, 0.2) is 0 Å². The van der Waals surface area contributed by atoms with Gasteiger partial charge in [0, 0.05) is 16.7 Å². The number of amides is 4. The van der Waals surface area contributed by atoms with Crippen LogP contribution in [-0.4, -0.2) is 79.3 Å². The Morgan fingerprint density at radius 1 is 0.831 bits per heavy atom. The number of nitrogens with one attached hydrogen (secondary N) is 1. The standard InChI is InChI=1S/C51H48N4O10/c1-30(2)41(47(58)63-4)53-50(61)54-38-26-23-32(20-19-31-21-24-35(62-3)25-22-31)29-37(38)51(49(54)60)40(46(52)57)43-48(59)65-44(34-15-9-6-10-16-34)42(33-13-7-5-8-14-33)55(43)45(51)36-17-11-12-18-39(36)64-28-27-56/h5-18,21-26,29-30,40-45,56H,27-28H2,1-4H3,(H2,52,57)(H,53,61). The van der Waals surface area contributed by atoms with Crippen molar-refractivity contribution >= 4 is 35.5 Å². The maximum Gasteiger partial charge on any atom is 0.329 e. The number of primary amides is 1. The highest BCUT2D eigenvalue weighted by Gasteiger charge is 2.75. The van der Waals surface area contributed by atoms with E-state index in [0.717, 1.165) is 4.90 Å². The molecule has 332 valence electrons. The average molecular weight is 877 g/mol. The number of imide groups is 1. The molecule has 1 spiro atoms. The number of aliphatic hydroxyl groups excluding tert-OH is 1. The van der Waals surface area contributed by atoms with Crippen molar-refractivity contribution in [2.24, 2.45) is 17.6 Å². The molecule has 2 saturated heterocycles. The Morgan fingerprint density at radius 3 is 2.09 bits per heavy atom. The third kappa shape index (κ3) is 7.72. The lowest BCUT2D eigenvalue weighted by Crippen LogP contribution is -2.57. The van der Waals surface area contributed by atoms with Crippen molar-refractivity contribution in [3.05, 3.63) is 161 Å². The summed E-state index contributed by atoms with van der Waals surface area (Å²) in [7, 11) is 2.76. The molecule has 4 N–H and O–H groups in total. The van der Waals surface area contributed by atoms with Gasteiger partial charge < -0.3 is 35.1 Å². The first-order chi connectivity index (χ1) is 31.5. The number of ether oxygens (including phenoxy) is 4. The van der Waals surface area contributed by atoms with Gasteiger partial charge in [-0.15, -0.1) is 0 Å². The van der Waals surface area contributed by atoms with Crippen molar-refractivity contribution in [2.75, 3.05) is 32.3 Å². The topological polar surface area (TPSA) is 187 Å². The second kappa shape index (κ2) is 18.3. The van der Waals surface area contributed by atoms with E-state index < -0.39 is 77.3 Å². The van der Waals surface area contributed by atoms with Gasteiger partial charge in [-0.2, -0.15) is 0 Å². The van der Waals surface area contributed by atoms with E-state index in [2.05, 4.69) is 17.2 Å². The van der Waals surface area contributed by atoms with E-state index in [0.29, 0.717) is 33.6 Å². The molecular weight excluding hydrogens is 829 g/mol. The van der Waals surface area contributed by atoms with E-state index in [9.17, 15) is 19.5 Å². The van der Waals surface area contributed by atoms with Crippen molar-refractivity contribution in [3.63, 3.8) is 0 Å². The molecule has 65 heavy (non-hydrogen) atoms. The third-order valence-electron chi connectivity index (χ3n) is 12.4. The summed E-state index contributed by atoms with van der Waals surface area (Å²) in [6.45, 7) is 2.95. The summed E-state index contributed by atoms with van der Waals surface area (Å²) in [4.78, 5) is 76.6. The number of cyclic esters (lactones) is 1. The molecule has 7 atom stereocenters. The summed E-state index contributed by atoms with van der Waals surface area (Å²) in [5, 5.41) is 12.7. The molecule has 0 saturated carbocycles. The van der Waals surface area contributed by atoms with Gasteiger partial charge in [0.05, 0.1) is 44.5 Å². The molecule has 8 rings (SSSR count). The lowest BCUT2D eigenvalue weighted by atomic mass is 9.65. The van der Waals surface area contributed by atoms with E-state index in [1.807, 2.05) is 65.6 Å². The second-order valence-electron chi connectivity index (χ2n) is 16.3. The number of nitrogens with two attached hydrogens (primary N) is 1. The average Bonchev–Trinajstić information content (AvgIpc) is 3.78. The molecule has 0 aromatic heterocycles. The largest absolute Gasteiger partial charge is 0.497 e. The fourth-order valence-corrected chi connectivity index (χ4v) is 9.62. The normalized spacial score (nSPS) is 22.6.